The van der Waals surface area contributed by atoms with Gasteiger partial charge >= 0.3 is 10.2 Å². The van der Waals surface area contributed by atoms with Crippen LogP contribution in [0.5, 0.6) is 5.75 Å². The predicted molar refractivity (Wildman–Crippen MR) is 83.8 cm³/mol. The van der Waals surface area contributed by atoms with Crippen LogP contribution in [-0.4, -0.2) is 46.0 Å². The molecule has 1 fully saturated rings. The molecule has 2 N–H and O–H groups in total. The quantitative estimate of drug-likeness (QED) is 0.677. The first-order valence-electron chi connectivity index (χ1n) is 7.13. The minimum Gasteiger partial charge on any atom is -0.495 e. The van der Waals surface area contributed by atoms with E-state index >= 15 is 0 Å². The molecule has 118 valence electrons. The topological polar surface area (TPSA) is 70.7 Å². The maximum Gasteiger partial charge on any atom is 0.301 e. The summed E-state index contributed by atoms with van der Waals surface area (Å²) in [6.45, 7) is 1.32. The molecule has 1 saturated carbocycles. The number of benzene rings is 1. The molecule has 1 aliphatic carbocycles. The third-order valence-electron chi connectivity index (χ3n) is 3.42. The van der Waals surface area contributed by atoms with E-state index < -0.39 is 10.2 Å². The summed E-state index contributed by atoms with van der Waals surface area (Å²) in [5.41, 5.74) is 0.447. The molecule has 0 amide bonds. The Morgan fingerprint density at radius 3 is 2.71 bits per heavy atom. The van der Waals surface area contributed by atoms with Crippen molar-refractivity contribution in [2.24, 2.45) is 0 Å². The molecule has 0 heterocycles. The Morgan fingerprint density at radius 2 is 2.05 bits per heavy atom. The van der Waals surface area contributed by atoms with E-state index in [-0.39, 0.29) is 0 Å². The van der Waals surface area contributed by atoms with Crippen molar-refractivity contribution in [3.63, 3.8) is 0 Å². The van der Waals surface area contributed by atoms with Crippen LogP contribution in [0.3, 0.4) is 0 Å². The van der Waals surface area contributed by atoms with Crippen molar-refractivity contribution >= 4 is 15.9 Å². The van der Waals surface area contributed by atoms with E-state index in [1.54, 1.807) is 31.3 Å². The van der Waals surface area contributed by atoms with Gasteiger partial charge in [0, 0.05) is 19.6 Å². The molecule has 7 heteroatoms. The predicted octanol–water partition coefficient (Wildman–Crippen LogP) is 1.43. The van der Waals surface area contributed by atoms with Crippen LogP contribution in [0.15, 0.2) is 24.3 Å². The summed E-state index contributed by atoms with van der Waals surface area (Å²) in [5.74, 6) is 0.505. The molecule has 0 spiro atoms. The third kappa shape index (κ3) is 4.87. The largest absolute Gasteiger partial charge is 0.495 e. The Labute approximate surface area is 126 Å². The van der Waals surface area contributed by atoms with Crippen LogP contribution in [0.4, 0.5) is 5.69 Å². The van der Waals surface area contributed by atoms with Gasteiger partial charge in [-0.3, -0.25) is 4.72 Å². The maximum atomic E-state index is 12.2. The molecule has 0 saturated heterocycles. The van der Waals surface area contributed by atoms with Crippen LogP contribution >= 0.6 is 0 Å². The fourth-order valence-electron chi connectivity index (χ4n) is 1.96. The lowest BCUT2D eigenvalue weighted by atomic mass is 10.3. The SMILES string of the molecule is COc1ccccc1NS(=O)(=O)N(C)CCCNC1CC1. The van der Waals surface area contributed by atoms with Gasteiger partial charge in [0.25, 0.3) is 0 Å². The zero-order chi connectivity index (χ0) is 15.3. The number of hydrogen-bond acceptors (Lipinski definition) is 4. The molecule has 6 nitrogen and oxygen atoms in total. The van der Waals surface area contributed by atoms with E-state index in [0.29, 0.717) is 24.0 Å². The number of anilines is 1. The highest BCUT2D eigenvalue weighted by Crippen LogP contribution is 2.24. The lowest BCUT2D eigenvalue weighted by molar-refractivity contribution is 0.416. The summed E-state index contributed by atoms with van der Waals surface area (Å²) in [7, 11) is -0.463. The Hall–Kier alpha value is -1.31. The van der Waals surface area contributed by atoms with E-state index in [4.69, 9.17) is 4.74 Å². The van der Waals surface area contributed by atoms with Crippen molar-refractivity contribution in [3.05, 3.63) is 24.3 Å². The smallest absolute Gasteiger partial charge is 0.301 e. The van der Waals surface area contributed by atoms with Gasteiger partial charge < -0.3 is 10.1 Å². The zero-order valence-corrected chi connectivity index (χ0v) is 13.3. The second-order valence-electron chi connectivity index (χ2n) is 5.21. The Kier molecular flexibility index (Phi) is 5.44. The molecule has 21 heavy (non-hydrogen) atoms. The van der Waals surface area contributed by atoms with Gasteiger partial charge in [0.15, 0.2) is 0 Å². The fourth-order valence-corrected chi connectivity index (χ4v) is 2.93. The fraction of sp³-hybridized carbons (Fsp3) is 0.571. The van der Waals surface area contributed by atoms with Gasteiger partial charge in [0.05, 0.1) is 12.8 Å². The van der Waals surface area contributed by atoms with Crippen LogP contribution in [0, 0.1) is 0 Å². The monoisotopic (exact) mass is 313 g/mol. The Bertz CT molecular complexity index is 558. The number of nitrogens with zero attached hydrogens (tertiary/aromatic N) is 1. The van der Waals surface area contributed by atoms with Gasteiger partial charge in [-0.15, -0.1) is 0 Å². The van der Waals surface area contributed by atoms with Gasteiger partial charge in [0.2, 0.25) is 0 Å². The van der Waals surface area contributed by atoms with Crippen molar-refractivity contribution in [1.82, 2.24) is 9.62 Å². The lowest BCUT2D eigenvalue weighted by Crippen LogP contribution is -2.34. The van der Waals surface area contributed by atoms with Crippen molar-refractivity contribution < 1.29 is 13.2 Å². The van der Waals surface area contributed by atoms with Crippen LogP contribution in [0.2, 0.25) is 0 Å². The Morgan fingerprint density at radius 1 is 1.33 bits per heavy atom. The molecule has 1 aromatic rings. The number of methoxy groups -OCH3 is 1. The molecule has 0 atom stereocenters. The van der Waals surface area contributed by atoms with Crippen molar-refractivity contribution in [3.8, 4) is 5.75 Å². The maximum absolute atomic E-state index is 12.2. The molecule has 0 aliphatic heterocycles. The van der Waals surface area contributed by atoms with Gasteiger partial charge in [-0.1, -0.05) is 12.1 Å². The van der Waals surface area contributed by atoms with Crippen LogP contribution in [0.1, 0.15) is 19.3 Å². The minimum atomic E-state index is -3.56. The van der Waals surface area contributed by atoms with Crippen LogP contribution in [0.25, 0.3) is 0 Å². The first-order valence-corrected chi connectivity index (χ1v) is 8.57. The molecule has 0 aromatic heterocycles. The summed E-state index contributed by atoms with van der Waals surface area (Å²) in [4.78, 5) is 0. The van der Waals surface area contributed by atoms with Gasteiger partial charge in [0.1, 0.15) is 5.75 Å². The van der Waals surface area contributed by atoms with Crippen molar-refractivity contribution in [1.29, 1.82) is 0 Å². The summed E-state index contributed by atoms with van der Waals surface area (Å²) in [6.07, 6.45) is 3.27. The van der Waals surface area contributed by atoms with E-state index in [1.807, 2.05) is 0 Å². The van der Waals surface area contributed by atoms with E-state index in [0.717, 1.165) is 13.0 Å². The summed E-state index contributed by atoms with van der Waals surface area (Å²) in [5, 5.41) is 3.37. The molecule has 0 unspecified atom stereocenters. The van der Waals surface area contributed by atoms with Crippen LogP contribution < -0.4 is 14.8 Å². The number of para-hydroxylation sites is 2. The number of hydrogen-bond donors (Lipinski definition) is 2. The second kappa shape index (κ2) is 7.11. The molecular weight excluding hydrogens is 290 g/mol. The highest BCUT2D eigenvalue weighted by molar-refractivity contribution is 7.90. The van der Waals surface area contributed by atoms with E-state index in [1.165, 1.54) is 24.3 Å². The number of ether oxygens (including phenoxy) is 1. The number of nitrogens with one attached hydrogen (secondary N) is 2. The second-order valence-corrected chi connectivity index (χ2v) is 6.99. The average Bonchev–Trinajstić information content (AvgIpc) is 3.27. The number of rotatable bonds is 9. The van der Waals surface area contributed by atoms with Crippen molar-refractivity contribution in [2.75, 3.05) is 32.0 Å². The van der Waals surface area contributed by atoms with E-state index in [2.05, 4.69) is 10.0 Å². The zero-order valence-electron chi connectivity index (χ0n) is 12.5. The first kappa shape index (κ1) is 16.1. The third-order valence-corrected chi connectivity index (χ3v) is 4.90. The van der Waals surface area contributed by atoms with Crippen LogP contribution in [-0.2, 0) is 10.2 Å². The molecular formula is C14H23N3O3S. The molecule has 1 aromatic carbocycles. The minimum absolute atomic E-state index is 0.447. The highest BCUT2D eigenvalue weighted by atomic mass is 32.2. The summed E-state index contributed by atoms with van der Waals surface area (Å²) < 4.78 is 33.5. The summed E-state index contributed by atoms with van der Waals surface area (Å²) >= 11 is 0. The van der Waals surface area contributed by atoms with E-state index in [9.17, 15) is 8.42 Å². The first-order chi connectivity index (χ1) is 10.0. The molecule has 0 radical (unpaired) electrons. The summed E-state index contributed by atoms with van der Waals surface area (Å²) in [6, 6.07) is 7.61. The molecule has 1 aliphatic rings. The van der Waals surface area contributed by atoms with Crippen molar-refractivity contribution in [2.45, 2.75) is 25.3 Å². The van der Waals surface area contributed by atoms with Gasteiger partial charge in [-0.2, -0.15) is 12.7 Å². The van der Waals surface area contributed by atoms with Gasteiger partial charge in [-0.25, -0.2) is 0 Å². The lowest BCUT2D eigenvalue weighted by Gasteiger charge is -2.19. The normalized spacial score (nSPS) is 15.2. The standard InChI is InChI=1S/C14H23N3O3S/c1-17(11-5-10-15-12-8-9-12)21(18,19)16-13-6-3-4-7-14(13)20-2/h3-4,6-7,12,15-16H,5,8-11H2,1-2H3. The highest BCUT2D eigenvalue weighted by Gasteiger charge is 2.21. The molecule has 2 rings (SSSR count). The van der Waals surface area contributed by atoms with Gasteiger partial charge in [-0.05, 0) is 37.9 Å². The Balaban J connectivity index is 1.86. The molecule has 0 bridgehead atoms. The average molecular weight is 313 g/mol.